The van der Waals surface area contributed by atoms with Crippen LogP contribution >= 0.6 is 0 Å². The summed E-state index contributed by atoms with van der Waals surface area (Å²) in [4.78, 5) is 10.1. The van der Waals surface area contributed by atoms with E-state index in [1.165, 1.54) is 6.92 Å². The summed E-state index contributed by atoms with van der Waals surface area (Å²) in [6.45, 7) is 5.45. The Balaban J connectivity index is 0.000000371. The fourth-order valence-corrected chi connectivity index (χ4v) is 0.315. The lowest BCUT2D eigenvalue weighted by Crippen LogP contribution is -2.11. The molecule has 0 aliphatic heterocycles. The zero-order valence-electron chi connectivity index (χ0n) is 6.16. The third-order valence-electron chi connectivity index (χ3n) is 0.735. The van der Waals surface area contributed by atoms with E-state index in [4.69, 9.17) is 5.21 Å². The minimum absolute atomic E-state index is 0.148. The lowest BCUT2D eigenvalue weighted by Gasteiger charge is -1.80. The van der Waals surface area contributed by atoms with Crippen molar-refractivity contribution in [2.45, 2.75) is 20.8 Å². The van der Waals surface area contributed by atoms with E-state index in [2.05, 4.69) is 9.68 Å². The highest BCUT2D eigenvalue weighted by Crippen LogP contribution is 1.79. The molecule has 0 unspecified atom stereocenters. The molecule has 0 aliphatic carbocycles. The smallest absolute Gasteiger partial charge is 0.421 e. The van der Waals surface area contributed by atoms with Crippen molar-refractivity contribution in [1.29, 1.82) is 0 Å². The van der Waals surface area contributed by atoms with Crippen molar-refractivity contribution < 1.29 is 9.73 Å². The monoisotopic (exact) mass is 146 g/mol. The zero-order valence-corrected chi connectivity index (χ0v) is 6.16. The van der Waals surface area contributed by atoms with Gasteiger partial charge in [0.2, 0.25) is 0 Å². The molecule has 1 rings (SSSR count). The van der Waals surface area contributed by atoms with E-state index in [0.29, 0.717) is 4.73 Å². The van der Waals surface area contributed by atoms with Gasteiger partial charge in [0.1, 0.15) is 0 Å². The standard InChI is InChI=1S/C3H4N2O3.C2H6/c1-2-4-8-3(6)5(2)7;1-2/h7H,1H3;1-2H3. The molecule has 0 fully saturated rings. The molecule has 0 spiro atoms. The first kappa shape index (κ1) is 8.74. The van der Waals surface area contributed by atoms with Gasteiger partial charge in [-0.15, -0.1) is 0 Å². The average molecular weight is 146 g/mol. The van der Waals surface area contributed by atoms with Crippen molar-refractivity contribution in [3.05, 3.63) is 16.4 Å². The summed E-state index contributed by atoms with van der Waals surface area (Å²) in [6, 6.07) is 0. The molecule has 0 saturated heterocycles. The van der Waals surface area contributed by atoms with E-state index < -0.39 is 5.76 Å². The number of nitrogens with zero attached hydrogens (tertiary/aromatic N) is 2. The van der Waals surface area contributed by atoms with Crippen molar-refractivity contribution in [1.82, 2.24) is 9.89 Å². The molecule has 10 heavy (non-hydrogen) atoms. The predicted octanol–water partition coefficient (Wildman–Crippen LogP) is 0.408. The van der Waals surface area contributed by atoms with Gasteiger partial charge in [0.05, 0.1) is 0 Å². The Morgan fingerprint density at radius 2 is 2.10 bits per heavy atom. The molecule has 5 nitrogen and oxygen atoms in total. The van der Waals surface area contributed by atoms with E-state index in [9.17, 15) is 4.79 Å². The van der Waals surface area contributed by atoms with Crippen LogP contribution in [0.3, 0.4) is 0 Å². The first-order valence-corrected chi connectivity index (χ1v) is 2.96. The Labute approximate surface area is 57.8 Å². The molecule has 1 aromatic rings. The van der Waals surface area contributed by atoms with Crippen LogP contribution in [0.1, 0.15) is 19.7 Å². The van der Waals surface area contributed by atoms with Crippen LogP contribution in [0.25, 0.3) is 0 Å². The molecule has 58 valence electrons. The van der Waals surface area contributed by atoms with Gasteiger partial charge in [0.15, 0.2) is 5.82 Å². The molecule has 1 N–H and O–H groups in total. The summed E-state index contributed by atoms with van der Waals surface area (Å²) < 4.78 is 4.34. The van der Waals surface area contributed by atoms with Gasteiger partial charge in [-0.2, -0.15) is 0 Å². The van der Waals surface area contributed by atoms with Crippen molar-refractivity contribution in [3.8, 4) is 0 Å². The maximum Gasteiger partial charge on any atom is 0.475 e. The highest BCUT2D eigenvalue weighted by molar-refractivity contribution is 4.71. The van der Waals surface area contributed by atoms with E-state index >= 15 is 0 Å². The van der Waals surface area contributed by atoms with Gasteiger partial charge in [-0.1, -0.05) is 23.7 Å². The first-order valence-electron chi connectivity index (χ1n) is 2.96. The van der Waals surface area contributed by atoms with Crippen molar-refractivity contribution in [2.75, 3.05) is 0 Å². The van der Waals surface area contributed by atoms with Crippen LogP contribution in [-0.2, 0) is 0 Å². The second-order valence-corrected chi connectivity index (χ2v) is 1.31. The molecule has 1 heterocycles. The third kappa shape index (κ3) is 1.61. The minimum Gasteiger partial charge on any atom is -0.421 e. The predicted molar refractivity (Wildman–Crippen MR) is 34.0 cm³/mol. The summed E-state index contributed by atoms with van der Waals surface area (Å²) in [5.41, 5.74) is 0. The number of aryl methyl sites for hydroxylation is 1. The Morgan fingerprint density at radius 3 is 2.20 bits per heavy atom. The fraction of sp³-hybridized carbons (Fsp3) is 0.600. The van der Waals surface area contributed by atoms with Crippen molar-refractivity contribution >= 4 is 0 Å². The van der Waals surface area contributed by atoms with Gasteiger partial charge in [-0.25, -0.2) is 4.79 Å². The van der Waals surface area contributed by atoms with Gasteiger partial charge >= 0.3 is 5.76 Å². The Kier molecular flexibility index (Phi) is 3.24. The minimum atomic E-state index is -0.859. The molecular weight excluding hydrogens is 136 g/mol. The van der Waals surface area contributed by atoms with E-state index in [1.807, 2.05) is 13.8 Å². The summed E-state index contributed by atoms with van der Waals surface area (Å²) in [7, 11) is 0. The van der Waals surface area contributed by atoms with Gasteiger partial charge in [-0.3, -0.25) is 4.52 Å². The first-order chi connectivity index (χ1) is 4.72. The van der Waals surface area contributed by atoms with Crippen LogP contribution < -0.4 is 5.76 Å². The fourth-order valence-electron chi connectivity index (χ4n) is 0.315. The second-order valence-electron chi connectivity index (χ2n) is 1.31. The molecule has 5 heteroatoms. The SMILES string of the molecule is CC.Cc1noc(=O)n1O. The second kappa shape index (κ2) is 3.71. The Bertz CT molecular complexity index is 237. The summed E-state index contributed by atoms with van der Waals surface area (Å²) in [5.74, 6) is -0.711. The van der Waals surface area contributed by atoms with Crippen LogP contribution in [0, 0.1) is 6.92 Å². The van der Waals surface area contributed by atoms with Crippen LogP contribution in [0.5, 0.6) is 0 Å². The lowest BCUT2D eigenvalue weighted by molar-refractivity contribution is 0.156. The van der Waals surface area contributed by atoms with E-state index in [-0.39, 0.29) is 5.82 Å². The Hall–Kier alpha value is -1.26. The summed E-state index contributed by atoms with van der Waals surface area (Å²) >= 11 is 0. The van der Waals surface area contributed by atoms with Gasteiger partial charge in [0.25, 0.3) is 0 Å². The average Bonchev–Trinajstić information content (AvgIpc) is 2.25. The molecule has 0 atom stereocenters. The van der Waals surface area contributed by atoms with Gasteiger partial charge in [-0.05, 0) is 0 Å². The highest BCUT2D eigenvalue weighted by atomic mass is 16.6. The molecule has 0 radical (unpaired) electrons. The summed E-state index contributed by atoms with van der Waals surface area (Å²) in [6.07, 6.45) is 0. The van der Waals surface area contributed by atoms with E-state index in [0.717, 1.165) is 0 Å². The van der Waals surface area contributed by atoms with Crippen molar-refractivity contribution in [2.24, 2.45) is 0 Å². The molecule has 0 saturated carbocycles. The maximum atomic E-state index is 10.1. The zero-order chi connectivity index (χ0) is 8.15. The normalized spacial score (nSPS) is 8.30. The van der Waals surface area contributed by atoms with Gasteiger partial charge in [0, 0.05) is 6.92 Å². The number of rotatable bonds is 0. The molecule has 0 amide bonds. The van der Waals surface area contributed by atoms with Crippen LogP contribution in [0.15, 0.2) is 9.32 Å². The topological polar surface area (TPSA) is 68.3 Å². The number of aromatic nitrogens is 2. The van der Waals surface area contributed by atoms with Crippen molar-refractivity contribution in [3.63, 3.8) is 0 Å². The van der Waals surface area contributed by atoms with Crippen LogP contribution in [0.2, 0.25) is 0 Å². The highest BCUT2D eigenvalue weighted by Gasteiger charge is 1.99. The van der Waals surface area contributed by atoms with Crippen LogP contribution in [-0.4, -0.2) is 15.1 Å². The van der Waals surface area contributed by atoms with Gasteiger partial charge < -0.3 is 5.21 Å². The summed E-state index contributed by atoms with van der Waals surface area (Å²) in [5, 5.41) is 11.6. The number of hydrogen-bond donors (Lipinski definition) is 1. The quantitative estimate of drug-likeness (QED) is 0.538. The Morgan fingerprint density at radius 1 is 1.60 bits per heavy atom. The molecular formula is C5H10N2O3. The molecule has 0 aliphatic rings. The molecule has 0 aromatic carbocycles. The molecule has 1 aromatic heterocycles. The van der Waals surface area contributed by atoms with Crippen LogP contribution in [0.4, 0.5) is 0 Å². The lowest BCUT2D eigenvalue weighted by atomic mass is 10.7. The maximum absolute atomic E-state index is 10.1. The van der Waals surface area contributed by atoms with E-state index in [1.54, 1.807) is 0 Å². The third-order valence-corrected chi connectivity index (χ3v) is 0.735. The number of hydrogen-bond acceptors (Lipinski definition) is 4. The largest absolute Gasteiger partial charge is 0.475 e. The molecule has 0 bridgehead atoms.